The maximum absolute atomic E-state index is 14.0. The molecule has 3 fully saturated rings. The number of anilines is 3. The topological polar surface area (TPSA) is 167 Å². The first-order valence-corrected chi connectivity index (χ1v) is 23.4. The molecule has 14 nitrogen and oxygen atoms in total. The Morgan fingerprint density at radius 1 is 0.818 bits per heavy atom. The first kappa shape index (κ1) is 44.5. The molecule has 1 atom stereocenters. The Labute approximate surface area is 389 Å². The van der Waals surface area contributed by atoms with Crippen molar-refractivity contribution in [2.45, 2.75) is 89.6 Å². The second kappa shape index (κ2) is 19.8. The molecule has 6 heterocycles. The number of nitrogens with one attached hydrogen (secondary N) is 2. The van der Waals surface area contributed by atoms with Crippen molar-refractivity contribution in [1.82, 2.24) is 30.1 Å². The zero-order valence-corrected chi connectivity index (χ0v) is 37.6. The van der Waals surface area contributed by atoms with E-state index in [9.17, 15) is 24.0 Å². The molecule has 1 spiro atoms. The molecule has 0 saturated carbocycles. The smallest absolute Gasteiger partial charge is 0.255 e. The molecule has 5 amide bonds. The van der Waals surface area contributed by atoms with Crippen LogP contribution in [0, 0.1) is 5.41 Å². The molecule has 2 aromatic heterocycles. The van der Waals surface area contributed by atoms with Gasteiger partial charge >= 0.3 is 0 Å². The number of benzene rings is 3. The summed E-state index contributed by atoms with van der Waals surface area (Å²) in [6, 6.07) is 24.9. The molecule has 0 radical (unpaired) electrons. The summed E-state index contributed by atoms with van der Waals surface area (Å²) in [4.78, 5) is 83.0. The number of carbonyl (C=O) groups excluding carboxylic acids is 5. The van der Waals surface area contributed by atoms with E-state index in [0.29, 0.717) is 97.8 Å². The number of unbranched alkanes of at least 4 members (excludes halogenated alkanes) is 5. The summed E-state index contributed by atoms with van der Waals surface area (Å²) in [6.45, 7) is 2.64. The van der Waals surface area contributed by atoms with E-state index >= 15 is 0 Å². The van der Waals surface area contributed by atoms with Crippen molar-refractivity contribution in [2.75, 3.05) is 36.5 Å². The van der Waals surface area contributed by atoms with Gasteiger partial charge in [0.05, 0.1) is 52.7 Å². The highest BCUT2D eigenvalue weighted by atomic mass is 35.5. The van der Waals surface area contributed by atoms with Gasteiger partial charge in [0.15, 0.2) is 0 Å². The van der Waals surface area contributed by atoms with Gasteiger partial charge < -0.3 is 24.8 Å². The van der Waals surface area contributed by atoms with Crippen LogP contribution in [0.2, 0.25) is 5.02 Å². The third-order valence-corrected chi connectivity index (χ3v) is 13.7. The fourth-order valence-electron chi connectivity index (χ4n) is 9.67. The molecule has 9 rings (SSSR count). The number of imide groups is 1. The number of halogens is 1. The van der Waals surface area contributed by atoms with Crippen molar-refractivity contribution in [1.29, 1.82) is 0 Å². The lowest BCUT2D eigenvalue weighted by molar-refractivity contribution is -0.137. The predicted molar refractivity (Wildman–Crippen MR) is 251 cm³/mol. The third kappa shape index (κ3) is 9.79. The maximum atomic E-state index is 14.0. The van der Waals surface area contributed by atoms with Crippen molar-refractivity contribution >= 4 is 58.5 Å². The van der Waals surface area contributed by atoms with Crippen LogP contribution in [-0.2, 0) is 25.7 Å². The fourth-order valence-corrected chi connectivity index (χ4v) is 9.87. The van der Waals surface area contributed by atoms with E-state index in [2.05, 4.69) is 44.9 Å². The summed E-state index contributed by atoms with van der Waals surface area (Å²) >= 11 is 6.60. The van der Waals surface area contributed by atoms with Crippen LogP contribution in [0.1, 0.15) is 93.0 Å². The van der Waals surface area contributed by atoms with E-state index in [1.807, 2.05) is 52.3 Å². The summed E-state index contributed by atoms with van der Waals surface area (Å²) in [5.74, 6) is 0.392. The minimum atomic E-state index is -0.636. The van der Waals surface area contributed by atoms with Gasteiger partial charge in [-0.15, -0.1) is 0 Å². The molecule has 5 aromatic rings. The number of hydrogen-bond donors (Lipinski definition) is 2. The molecular weight excluding hydrogens is 856 g/mol. The normalized spacial score (nSPS) is 17.9. The Morgan fingerprint density at radius 2 is 1.58 bits per heavy atom. The molecule has 3 aromatic carbocycles. The number of hydrogen-bond acceptors (Lipinski definition) is 10. The van der Waals surface area contributed by atoms with Crippen molar-refractivity contribution in [3.63, 3.8) is 0 Å². The van der Waals surface area contributed by atoms with Crippen LogP contribution >= 0.6 is 11.6 Å². The average molecular weight is 909 g/mol. The van der Waals surface area contributed by atoms with Gasteiger partial charge in [0, 0.05) is 50.1 Å². The molecule has 2 N–H and O–H groups in total. The Balaban J connectivity index is 0.678. The summed E-state index contributed by atoms with van der Waals surface area (Å²) in [6.07, 6.45) is 13.9. The van der Waals surface area contributed by atoms with Gasteiger partial charge in [-0.25, -0.2) is 9.97 Å². The quantitative estimate of drug-likeness (QED) is 0.0724. The Morgan fingerprint density at radius 3 is 2.39 bits per heavy atom. The minimum Gasteiger partial charge on any atom is -0.494 e. The summed E-state index contributed by atoms with van der Waals surface area (Å²) in [5, 5.41) is 6.03. The number of fused-ring (bicyclic) bond motifs is 1. The molecule has 3 saturated heterocycles. The Hall–Kier alpha value is -6.67. The van der Waals surface area contributed by atoms with Crippen molar-refractivity contribution in [3.05, 3.63) is 114 Å². The number of amides is 5. The van der Waals surface area contributed by atoms with E-state index in [0.717, 1.165) is 67.2 Å². The third-order valence-electron chi connectivity index (χ3n) is 13.4. The van der Waals surface area contributed by atoms with Gasteiger partial charge in [-0.3, -0.25) is 34.3 Å². The molecule has 66 heavy (non-hydrogen) atoms. The molecule has 4 aliphatic heterocycles. The summed E-state index contributed by atoms with van der Waals surface area (Å²) < 4.78 is 5.99. The number of rotatable bonds is 16. The zero-order valence-electron chi connectivity index (χ0n) is 36.8. The van der Waals surface area contributed by atoms with Crippen molar-refractivity contribution < 1.29 is 28.7 Å². The molecule has 4 aliphatic rings. The van der Waals surface area contributed by atoms with Crippen LogP contribution in [0.5, 0.6) is 5.75 Å². The van der Waals surface area contributed by atoms with Gasteiger partial charge in [-0.05, 0) is 85.5 Å². The van der Waals surface area contributed by atoms with Gasteiger partial charge in [0.2, 0.25) is 29.6 Å². The molecule has 340 valence electrons. The average Bonchev–Trinajstić information content (AvgIpc) is 3.83. The highest BCUT2D eigenvalue weighted by molar-refractivity contribution is 6.33. The van der Waals surface area contributed by atoms with E-state index in [1.54, 1.807) is 35.6 Å². The largest absolute Gasteiger partial charge is 0.494 e. The minimum absolute atomic E-state index is 0.0874. The van der Waals surface area contributed by atoms with Crippen molar-refractivity contribution in [2.24, 2.45) is 5.41 Å². The zero-order chi connectivity index (χ0) is 45.6. The Kier molecular flexibility index (Phi) is 13.4. The van der Waals surface area contributed by atoms with Gasteiger partial charge in [-0.1, -0.05) is 85.8 Å². The highest BCUT2D eigenvalue weighted by Gasteiger charge is 2.49. The van der Waals surface area contributed by atoms with Gasteiger partial charge in [0.1, 0.15) is 11.8 Å². The van der Waals surface area contributed by atoms with Crippen LogP contribution < -0.4 is 20.3 Å². The van der Waals surface area contributed by atoms with Crippen LogP contribution in [-0.4, -0.2) is 86.6 Å². The lowest BCUT2D eigenvalue weighted by atomic mass is 9.77. The standard InChI is InChI=1S/C51H53ClN8O6/c52-42-32-54-50(57-46(42)36-14-10-13-35(27-36)34-11-6-5-7-12-34)55-38-29-39(31-53-30-38)59-25-22-51(49(59)65)20-23-58(24-21-51)45(62)15-8-3-1-2-4-9-26-66-40-16-17-41-37(28-40)33-60(48(41)64)43-18-19-44(61)56-47(43)63/h5-7,10-14,16-17,27-32,43H,1-4,8-9,15,18-26,33H2,(H,54,55,57)(H,56,61,63). The number of pyridine rings is 1. The van der Waals surface area contributed by atoms with E-state index in [-0.39, 0.29) is 30.0 Å². The molecule has 1 unspecified atom stereocenters. The lowest BCUT2D eigenvalue weighted by Crippen LogP contribution is -2.52. The van der Waals surface area contributed by atoms with Gasteiger partial charge in [0.25, 0.3) is 5.91 Å². The second-order valence-corrected chi connectivity index (χ2v) is 18.1. The van der Waals surface area contributed by atoms with Crippen LogP contribution in [0.15, 0.2) is 97.5 Å². The SMILES string of the molecule is O=C1CCC(N2Cc3cc(OCCCCCCCCC(=O)N4CCC5(CC4)CCN(c4cncc(Nc6ncc(Cl)c(-c7cccc(-c8ccccc8)c7)n6)c4)C5=O)ccc3C2=O)C(=O)N1. The van der Waals surface area contributed by atoms with Crippen LogP contribution in [0.3, 0.4) is 0 Å². The van der Waals surface area contributed by atoms with Crippen LogP contribution in [0.25, 0.3) is 22.4 Å². The van der Waals surface area contributed by atoms with Crippen molar-refractivity contribution in [3.8, 4) is 28.1 Å². The summed E-state index contributed by atoms with van der Waals surface area (Å²) in [7, 11) is 0. The van der Waals surface area contributed by atoms with Crippen LogP contribution in [0.4, 0.5) is 17.3 Å². The first-order chi connectivity index (χ1) is 32.1. The number of carbonyl (C=O) groups is 5. The number of aromatic nitrogens is 3. The van der Waals surface area contributed by atoms with Gasteiger partial charge in [-0.2, -0.15) is 0 Å². The van der Waals surface area contributed by atoms with E-state index < -0.39 is 17.4 Å². The number of nitrogens with zero attached hydrogens (tertiary/aromatic N) is 6. The number of ether oxygens (including phenoxy) is 1. The number of piperidine rings is 2. The lowest BCUT2D eigenvalue weighted by Gasteiger charge is -2.38. The highest BCUT2D eigenvalue weighted by Crippen LogP contribution is 2.44. The van der Waals surface area contributed by atoms with E-state index in [4.69, 9.17) is 21.3 Å². The van der Waals surface area contributed by atoms with E-state index in [1.165, 1.54) is 0 Å². The summed E-state index contributed by atoms with van der Waals surface area (Å²) in [5.41, 5.74) is 5.89. The number of likely N-dealkylation sites (tertiary alicyclic amines) is 1. The molecule has 0 bridgehead atoms. The molecule has 15 heteroatoms. The second-order valence-electron chi connectivity index (χ2n) is 17.7. The predicted octanol–water partition coefficient (Wildman–Crippen LogP) is 8.52. The molecular formula is C51H53ClN8O6. The monoisotopic (exact) mass is 908 g/mol. The fraction of sp³-hybridized carbons (Fsp3) is 0.373. The first-order valence-electron chi connectivity index (χ1n) is 23.0. The maximum Gasteiger partial charge on any atom is 0.255 e. The molecule has 0 aliphatic carbocycles. The Bertz CT molecular complexity index is 2640.